The number of aromatic nitrogens is 2. The van der Waals surface area contributed by atoms with E-state index in [0.717, 1.165) is 11.3 Å². The Morgan fingerprint density at radius 2 is 2.25 bits per heavy atom. The van der Waals surface area contributed by atoms with Crippen LogP contribution in [-0.2, 0) is 0 Å². The van der Waals surface area contributed by atoms with Crippen LogP contribution in [0.1, 0.15) is 30.0 Å². The summed E-state index contributed by atoms with van der Waals surface area (Å²) >= 11 is 1.63. The van der Waals surface area contributed by atoms with Crippen LogP contribution >= 0.6 is 11.3 Å². The van der Waals surface area contributed by atoms with E-state index < -0.39 is 0 Å². The van der Waals surface area contributed by atoms with Crippen molar-refractivity contribution in [1.29, 1.82) is 0 Å². The molecule has 0 aliphatic heterocycles. The molecule has 4 heteroatoms. The van der Waals surface area contributed by atoms with E-state index in [1.54, 1.807) is 17.4 Å². The lowest BCUT2D eigenvalue weighted by Crippen LogP contribution is -2.09. The molecule has 82 valence electrons. The van der Waals surface area contributed by atoms with Gasteiger partial charge < -0.3 is 4.98 Å². The lowest BCUT2D eigenvalue weighted by atomic mass is 10.2. The van der Waals surface area contributed by atoms with Crippen LogP contribution in [0.3, 0.4) is 0 Å². The molecule has 3 nitrogen and oxygen atoms in total. The number of nitrogens with zero attached hydrogens (tertiary/aromatic N) is 1. The van der Waals surface area contributed by atoms with Gasteiger partial charge in [0.2, 0.25) is 0 Å². The SMILES string of the molecule is Cc1cscc1-c1nc(C2CC2)cc(=O)[nH]1. The first kappa shape index (κ1) is 9.78. The Balaban J connectivity index is 2.13. The molecule has 3 rings (SSSR count). The zero-order valence-electron chi connectivity index (χ0n) is 8.99. The maximum atomic E-state index is 11.6. The number of thiophene rings is 1. The summed E-state index contributed by atoms with van der Waals surface area (Å²) in [5, 5.41) is 4.10. The fourth-order valence-corrected chi connectivity index (χ4v) is 2.63. The maximum absolute atomic E-state index is 11.6. The van der Waals surface area contributed by atoms with Gasteiger partial charge in [-0.1, -0.05) is 0 Å². The summed E-state index contributed by atoms with van der Waals surface area (Å²) in [5.41, 5.74) is 3.12. The summed E-state index contributed by atoms with van der Waals surface area (Å²) in [4.78, 5) is 18.9. The third-order valence-corrected chi connectivity index (χ3v) is 3.73. The number of hydrogen-bond donors (Lipinski definition) is 1. The van der Waals surface area contributed by atoms with Crippen LogP contribution in [0.25, 0.3) is 11.4 Å². The Morgan fingerprint density at radius 1 is 1.44 bits per heavy atom. The van der Waals surface area contributed by atoms with E-state index in [-0.39, 0.29) is 5.56 Å². The van der Waals surface area contributed by atoms with Gasteiger partial charge in [-0.25, -0.2) is 4.98 Å². The van der Waals surface area contributed by atoms with Crippen LogP contribution in [-0.4, -0.2) is 9.97 Å². The van der Waals surface area contributed by atoms with Crippen LogP contribution < -0.4 is 5.56 Å². The van der Waals surface area contributed by atoms with E-state index in [4.69, 9.17) is 0 Å². The highest BCUT2D eigenvalue weighted by atomic mass is 32.1. The number of nitrogens with one attached hydrogen (secondary N) is 1. The zero-order chi connectivity index (χ0) is 11.1. The van der Waals surface area contributed by atoms with Gasteiger partial charge in [0, 0.05) is 22.9 Å². The third-order valence-electron chi connectivity index (χ3n) is 2.87. The Morgan fingerprint density at radius 3 is 2.88 bits per heavy atom. The van der Waals surface area contributed by atoms with Crippen LogP contribution in [0.15, 0.2) is 21.6 Å². The molecular weight excluding hydrogens is 220 g/mol. The molecule has 16 heavy (non-hydrogen) atoms. The number of aromatic amines is 1. The molecule has 0 atom stereocenters. The second-order valence-electron chi connectivity index (χ2n) is 4.26. The molecule has 1 N–H and O–H groups in total. The van der Waals surface area contributed by atoms with Gasteiger partial charge in [-0.2, -0.15) is 11.3 Å². The lowest BCUT2D eigenvalue weighted by molar-refractivity contribution is 0.976. The maximum Gasteiger partial charge on any atom is 0.251 e. The highest BCUT2D eigenvalue weighted by molar-refractivity contribution is 7.08. The average Bonchev–Trinajstić information content (AvgIpc) is 3.01. The van der Waals surface area contributed by atoms with Crippen molar-refractivity contribution in [1.82, 2.24) is 9.97 Å². The standard InChI is InChI=1S/C12H12N2OS/c1-7-5-16-6-9(7)12-13-10(8-2-3-8)4-11(15)14-12/h4-6,8H,2-3H2,1H3,(H,13,14,15). The van der Waals surface area contributed by atoms with E-state index >= 15 is 0 Å². The molecule has 1 fully saturated rings. The summed E-state index contributed by atoms with van der Waals surface area (Å²) < 4.78 is 0. The normalized spacial score (nSPS) is 15.3. The van der Waals surface area contributed by atoms with Crippen molar-refractivity contribution in [2.24, 2.45) is 0 Å². The van der Waals surface area contributed by atoms with Crippen molar-refractivity contribution in [3.8, 4) is 11.4 Å². The molecule has 1 saturated carbocycles. The molecule has 2 heterocycles. The van der Waals surface area contributed by atoms with Gasteiger partial charge in [-0.3, -0.25) is 4.79 Å². The topological polar surface area (TPSA) is 45.8 Å². The average molecular weight is 232 g/mol. The minimum Gasteiger partial charge on any atom is -0.306 e. The molecule has 0 unspecified atom stereocenters. The van der Waals surface area contributed by atoms with E-state index in [1.807, 2.05) is 12.3 Å². The molecule has 0 saturated heterocycles. The molecule has 2 aromatic heterocycles. The van der Waals surface area contributed by atoms with Crippen LogP contribution in [0.4, 0.5) is 0 Å². The quantitative estimate of drug-likeness (QED) is 0.865. The van der Waals surface area contributed by atoms with Crippen LogP contribution in [0.5, 0.6) is 0 Å². The molecule has 0 amide bonds. The zero-order valence-corrected chi connectivity index (χ0v) is 9.80. The molecule has 0 bridgehead atoms. The number of H-pyrrole nitrogens is 1. The highest BCUT2D eigenvalue weighted by Crippen LogP contribution is 2.39. The van der Waals surface area contributed by atoms with E-state index in [1.165, 1.54) is 18.4 Å². The molecule has 1 aliphatic rings. The summed E-state index contributed by atoms with van der Waals surface area (Å²) in [5.74, 6) is 1.23. The smallest absolute Gasteiger partial charge is 0.251 e. The van der Waals surface area contributed by atoms with Gasteiger partial charge in [-0.15, -0.1) is 0 Å². The predicted molar refractivity (Wildman–Crippen MR) is 64.9 cm³/mol. The van der Waals surface area contributed by atoms with Gasteiger partial charge in [0.15, 0.2) is 0 Å². The van der Waals surface area contributed by atoms with Crippen LogP contribution in [0, 0.1) is 6.92 Å². The second kappa shape index (κ2) is 3.56. The number of hydrogen-bond acceptors (Lipinski definition) is 3. The largest absolute Gasteiger partial charge is 0.306 e. The van der Waals surface area contributed by atoms with Crippen LogP contribution in [0.2, 0.25) is 0 Å². The van der Waals surface area contributed by atoms with E-state index in [0.29, 0.717) is 11.7 Å². The van der Waals surface area contributed by atoms with Crippen molar-refractivity contribution in [2.45, 2.75) is 25.7 Å². The first-order valence-electron chi connectivity index (χ1n) is 5.38. The molecule has 0 aromatic carbocycles. The molecule has 1 aliphatic carbocycles. The van der Waals surface area contributed by atoms with Gasteiger partial charge in [0.25, 0.3) is 5.56 Å². The van der Waals surface area contributed by atoms with Crippen molar-refractivity contribution >= 4 is 11.3 Å². The Hall–Kier alpha value is -1.42. The Labute approximate surface area is 97.2 Å². The first-order chi connectivity index (χ1) is 7.74. The molecule has 0 radical (unpaired) electrons. The van der Waals surface area contributed by atoms with Gasteiger partial charge in [-0.05, 0) is 30.7 Å². The summed E-state index contributed by atoms with van der Waals surface area (Å²) in [6.07, 6.45) is 2.33. The highest BCUT2D eigenvalue weighted by Gasteiger charge is 2.26. The Kier molecular flexibility index (Phi) is 2.17. The lowest BCUT2D eigenvalue weighted by Gasteiger charge is -2.02. The van der Waals surface area contributed by atoms with Gasteiger partial charge in [0.05, 0.1) is 5.69 Å². The molecule has 0 spiro atoms. The fraction of sp³-hybridized carbons (Fsp3) is 0.333. The predicted octanol–water partition coefficient (Wildman–Crippen LogP) is 2.68. The van der Waals surface area contributed by atoms with Gasteiger partial charge >= 0.3 is 0 Å². The summed E-state index contributed by atoms with van der Waals surface area (Å²) in [6, 6.07) is 1.63. The second-order valence-corrected chi connectivity index (χ2v) is 5.01. The number of aryl methyl sites for hydroxylation is 1. The minimum atomic E-state index is -0.0440. The van der Waals surface area contributed by atoms with E-state index in [9.17, 15) is 4.79 Å². The van der Waals surface area contributed by atoms with Crippen molar-refractivity contribution in [3.63, 3.8) is 0 Å². The first-order valence-corrected chi connectivity index (χ1v) is 6.33. The molecule has 2 aromatic rings. The van der Waals surface area contributed by atoms with Crippen molar-refractivity contribution in [2.75, 3.05) is 0 Å². The van der Waals surface area contributed by atoms with Gasteiger partial charge in [0.1, 0.15) is 5.82 Å². The summed E-state index contributed by atoms with van der Waals surface area (Å²) in [6.45, 7) is 2.04. The minimum absolute atomic E-state index is 0.0440. The van der Waals surface area contributed by atoms with E-state index in [2.05, 4.69) is 15.3 Å². The summed E-state index contributed by atoms with van der Waals surface area (Å²) in [7, 11) is 0. The third kappa shape index (κ3) is 1.69. The molecular formula is C12H12N2OS. The van der Waals surface area contributed by atoms with Crippen molar-refractivity contribution in [3.05, 3.63) is 38.4 Å². The Bertz CT molecular complexity index is 581. The number of rotatable bonds is 2. The fourth-order valence-electron chi connectivity index (χ4n) is 1.80. The monoisotopic (exact) mass is 232 g/mol. The van der Waals surface area contributed by atoms with Crippen molar-refractivity contribution < 1.29 is 0 Å².